The number of para-hydroxylation sites is 2. The van der Waals surface area contributed by atoms with Gasteiger partial charge in [0.1, 0.15) is 18.0 Å². The van der Waals surface area contributed by atoms with E-state index in [9.17, 15) is 14.4 Å². The zero-order valence-electron chi connectivity index (χ0n) is 18.5. The number of nitrogens with zero attached hydrogens (tertiary/aromatic N) is 2. The van der Waals surface area contributed by atoms with E-state index in [1.165, 1.54) is 9.13 Å². The Hall–Kier alpha value is -4.13. The van der Waals surface area contributed by atoms with E-state index >= 15 is 0 Å². The SMILES string of the molecule is CC[C@@H](C)n1c(=O)c2ccccc2n(CC(=O)Nc2ccc(Oc3ccccc3)cc2)c1=O. The Bertz CT molecular complexity index is 1390. The van der Waals surface area contributed by atoms with E-state index in [1.807, 2.05) is 44.2 Å². The highest BCUT2D eigenvalue weighted by atomic mass is 16.5. The predicted octanol–water partition coefficient (Wildman–Crippen LogP) is 4.57. The van der Waals surface area contributed by atoms with Gasteiger partial charge in [0.25, 0.3) is 5.56 Å². The molecule has 4 aromatic rings. The number of hydrogen-bond acceptors (Lipinski definition) is 4. The van der Waals surface area contributed by atoms with Gasteiger partial charge in [0, 0.05) is 11.7 Å². The van der Waals surface area contributed by atoms with Crippen LogP contribution in [0.3, 0.4) is 0 Å². The first-order valence-corrected chi connectivity index (χ1v) is 10.8. The van der Waals surface area contributed by atoms with Crippen molar-refractivity contribution in [1.82, 2.24) is 9.13 Å². The molecule has 0 unspecified atom stereocenters. The first-order chi connectivity index (χ1) is 16.0. The molecule has 0 radical (unpaired) electrons. The normalized spacial score (nSPS) is 11.8. The molecule has 3 aromatic carbocycles. The fourth-order valence-electron chi connectivity index (χ4n) is 3.64. The van der Waals surface area contributed by atoms with Crippen LogP contribution in [0.5, 0.6) is 11.5 Å². The summed E-state index contributed by atoms with van der Waals surface area (Å²) in [4.78, 5) is 38.8. The molecule has 0 saturated carbocycles. The van der Waals surface area contributed by atoms with Crippen LogP contribution < -0.4 is 21.3 Å². The Morgan fingerprint density at radius 3 is 2.24 bits per heavy atom. The molecule has 7 nitrogen and oxygen atoms in total. The molecule has 0 spiro atoms. The Kier molecular flexibility index (Phi) is 6.40. The third-order valence-electron chi connectivity index (χ3n) is 5.53. The molecule has 33 heavy (non-hydrogen) atoms. The van der Waals surface area contributed by atoms with Crippen LogP contribution in [0.1, 0.15) is 26.3 Å². The zero-order valence-corrected chi connectivity index (χ0v) is 18.5. The van der Waals surface area contributed by atoms with Crippen LogP contribution in [0.2, 0.25) is 0 Å². The number of carbonyl (C=O) groups excluding carboxylic acids is 1. The third-order valence-corrected chi connectivity index (χ3v) is 5.53. The second-order valence-electron chi connectivity index (χ2n) is 7.81. The smallest absolute Gasteiger partial charge is 0.332 e. The van der Waals surface area contributed by atoms with Crippen LogP contribution in [0, 0.1) is 0 Å². The standard InChI is InChI=1S/C26H25N3O4/c1-3-18(2)29-25(31)22-11-7-8-12-23(22)28(26(29)32)17-24(30)27-19-13-15-21(16-14-19)33-20-9-5-4-6-10-20/h4-16,18H,3,17H2,1-2H3,(H,27,30)/t18-/m1/s1. The second-order valence-corrected chi connectivity index (χ2v) is 7.81. The Morgan fingerprint density at radius 2 is 1.55 bits per heavy atom. The van der Waals surface area contributed by atoms with E-state index in [2.05, 4.69) is 5.32 Å². The number of hydrogen-bond donors (Lipinski definition) is 1. The molecule has 0 bridgehead atoms. The van der Waals surface area contributed by atoms with Crippen molar-refractivity contribution in [3.63, 3.8) is 0 Å². The number of anilines is 1. The van der Waals surface area contributed by atoms with Gasteiger partial charge in [-0.05, 0) is 61.9 Å². The molecule has 0 aliphatic heterocycles. The van der Waals surface area contributed by atoms with Gasteiger partial charge in [0.15, 0.2) is 0 Å². The highest BCUT2D eigenvalue weighted by molar-refractivity contribution is 5.91. The zero-order chi connectivity index (χ0) is 23.4. The maximum atomic E-state index is 13.1. The monoisotopic (exact) mass is 443 g/mol. The van der Waals surface area contributed by atoms with Crippen LogP contribution in [0.15, 0.2) is 88.5 Å². The minimum atomic E-state index is -0.491. The van der Waals surface area contributed by atoms with Crippen molar-refractivity contribution in [3.8, 4) is 11.5 Å². The number of ether oxygens (including phenoxy) is 1. The van der Waals surface area contributed by atoms with Crippen molar-refractivity contribution in [3.05, 3.63) is 99.7 Å². The Labute approximate surface area is 190 Å². The maximum absolute atomic E-state index is 13.1. The summed E-state index contributed by atoms with van der Waals surface area (Å²) < 4.78 is 8.34. The number of carbonyl (C=O) groups is 1. The van der Waals surface area contributed by atoms with Crippen molar-refractivity contribution in [2.24, 2.45) is 0 Å². The molecule has 1 atom stereocenters. The molecule has 0 aliphatic carbocycles. The number of nitrogens with one attached hydrogen (secondary N) is 1. The highest BCUT2D eigenvalue weighted by Gasteiger charge is 2.18. The average molecular weight is 444 g/mol. The summed E-state index contributed by atoms with van der Waals surface area (Å²) in [7, 11) is 0. The van der Waals surface area contributed by atoms with Crippen LogP contribution in [-0.4, -0.2) is 15.0 Å². The number of benzene rings is 3. The third kappa shape index (κ3) is 4.72. The van der Waals surface area contributed by atoms with E-state index in [0.717, 1.165) is 5.75 Å². The quantitative estimate of drug-likeness (QED) is 0.454. The summed E-state index contributed by atoms with van der Waals surface area (Å²) in [5, 5.41) is 3.22. The molecule has 1 heterocycles. The molecule has 1 aromatic heterocycles. The predicted molar refractivity (Wildman–Crippen MR) is 129 cm³/mol. The van der Waals surface area contributed by atoms with Gasteiger partial charge in [-0.2, -0.15) is 0 Å². The second kappa shape index (κ2) is 9.56. The van der Waals surface area contributed by atoms with Crippen molar-refractivity contribution < 1.29 is 9.53 Å². The van der Waals surface area contributed by atoms with E-state index in [4.69, 9.17) is 4.74 Å². The van der Waals surface area contributed by atoms with Gasteiger partial charge >= 0.3 is 5.69 Å². The molecule has 4 rings (SSSR count). The Balaban J connectivity index is 1.57. The van der Waals surface area contributed by atoms with Gasteiger partial charge in [-0.3, -0.25) is 18.7 Å². The van der Waals surface area contributed by atoms with Crippen molar-refractivity contribution in [2.45, 2.75) is 32.9 Å². The lowest BCUT2D eigenvalue weighted by atomic mass is 10.2. The maximum Gasteiger partial charge on any atom is 0.332 e. The number of amides is 1. The van der Waals surface area contributed by atoms with E-state index in [1.54, 1.807) is 48.5 Å². The average Bonchev–Trinajstić information content (AvgIpc) is 2.83. The lowest BCUT2D eigenvalue weighted by molar-refractivity contribution is -0.116. The summed E-state index contributed by atoms with van der Waals surface area (Å²) in [5.41, 5.74) is 0.187. The number of aromatic nitrogens is 2. The number of fused-ring (bicyclic) bond motifs is 1. The molecule has 1 N–H and O–H groups in total. The largest absolute Gasteiger partial charge is 0.457 e. The lowest BCUT2D eigenvalue weighted by Crippen LogP contribution is -2.43. The molecule has 1 amide bonds. The summed E-state index contributed by atoms with van der Waals surface area (Å²) >= 11 is 0. The lowest BCUT2D eigenvalue weighted by Gasteiger charge is -2.17. The van der Waals surface area contributed by atoms with Crippen molar-refractivity contribution in [1.29, 1.82) is 0 Å². The first kappa shape index (κ1) is 22.1. The van der Waals surface area contributed by atoms with Gasteiger partial charge in [-0.15, -0.1) is 0 Å². The molecular weight excluding hydrogens is 418 g/mol. The van der Waals surface area contributed by atoms with Crippen LogP contribution >= 0.6 is 0 Å². The van der Waals surface area contributed by atoms with E-state index in [0.29, 0.717) is 28.8 Å². The van der Waals surface area contributed by atoms with E-state index < -0.39 is 5.69 Å². The van der Waals surface area contributed by atoms with E-state index in [-0.39, 0.29) is 24.1 Å². The summed E-state index contributed by atoms with van der Waals surface area (Å²) in [6.07, 6.45) is 0.622. The highest BCUT2D eigenvalue weighted by Crippen LogP contribution is 2.22. The Morgan fingerprint density at radius 1 is 0.909 bits per heavy atom. The summed E-state index contributed by atoms with van der Waals surface area (Å²) in [5.74, 6) is 0.993. The number of rotatable bonds is 7. The van der Waals surface area contributed by atoms with Crippen LogP contribution in [0.4, 0.5) is 5.69 Å². The molecule has 0 aliphatic rings. The first-order valence-electron chi connectivity index (χ1n) is 10.8. The molecule has 7 heteroatoms. The van der Waals surface area contributed by atoms with Crippen LogP contribution in [-0.2, 0) is 11.3 Å². The van der Waals surface area contributed by atoms with Gasteiger partial charge in [0.2, 0.25) is 5.91 Å². The fourth-order valence-corrected chi connectivity index (χ4v) is 3.64. The molecule has 0 fully saturated rings. The topological polar surface area (TPSA) is 82.3 Å². The van der Waals surface area contributed by atoms with Crippen molar-refractivity contribution in [2.75, 3.05) is 5.32 Å². The van der Waals surface area contributed by atoms with Crippen molar-refractivity contribution >= 4 is 22.5 Å². The molecule has 168 valence electrons. The minimum absolute atomic E-state index is 0.210. The van der Waals surface area contributed by atoms with Gasteiger partial charge in [-0.1, -0.05) is 37.3 Å². The minimum Gasteiger partial charge on any atom is -0.457 e. The molecular formula is C26H25N3O4. The summed E-state index contributed by atoms with van der Waals surface area (Å²) in [6.45, 7) is 3.52. The van der Waals surface area contributed by atoms with Gasteiger partial charge < -0.3 is 10.1 Å². The van der Waals surface area contributed by atoms with Crippen LogP contribution in [0.25, 0.3) is 10.9 Å². The summed E-state index contributed by atoms with van der Waals surface area (Å²) in [6, 6.07) is 23.0. The van der Waals surface area contributed by atoms with Gasteiger partial charge in [0.05, 0.1) is 10.9 Å². The van der Waals surface area contributed by atoms with Gasteiger partial charge in [-0.25, -0.2) is 4.79 Å². The fraction of sp³-hybridized carbons (Fsp3) is 0.192. The molecule has 0 saturated heterocycles.